The molecule has 0 amide bonds. The molecule has 86 valence electrons. The number of hydrogen-bond donors (Lipinski definition) is 1. The molecule has 0 spiro atoms. The summed E-state index contributed by atoms with van der Waals surface area (Å²) in [4.78, 5) is 0. The van der Waals surface area contributed by atoms with E-state index in [0.717, 1.165) is 17.9 Å². The minimum atomic E-state index is 0.882. The van der Waals surface area contributed by atoms with Gasteiger partial charge in [-0.25, -0.2) is 0 Å². The normalized spacial score (nSPS) is 30.7. The van der Waals surface area contributed by atoms with Crippen molar-refractivity contribution in [3.05, 3.63) is 12.2 Å². The highest BCUT2D eigenvalue weighted by atomic mass is 14.9. The second-order valence-electron chi connectivity index (χ2n) is 5.63. The van der Waals surface area contributed by atoms with Crippen molar-refractivity contribution < 1.29 is 0 Å². The van der Waals surface area contributed by atoms with E-state index in [4.69, 9.17) is 0 Å². The SMILES string of the molecule is C=C(C)CCC1CCCC1CNC1CC1. The zero-order valence-electron chi connectivity index (χ0n) is 10.1. The summed E-state index contributed by atoms with van der Waals surface area (Å²) in [5.41, 5.74) is 1.36. The fourth-order valence-corrected chi connectivity index (χ4v) is 2.80. The lowest BCUT2D eigenvalue weighted by Crippen LogP contribution is -2.26. The van der Waals surface area contributed by atoms with Gasteiger partial charge in [0.15, 0.2) is 0 Å². The zero-order chi connectivity index (χ0) is 10.7. The first-order chi connectivity index (χ1) is 7.25. The van der Waals surface area contributed by atoms with E-state index in [2.05, 4.69) is 18.8 Å². The molecule has 2 atom stereocenters. The lowest BCUT2D eigenvalue weighted by atomic mass is 9.90. The Balaban J connectivity index is 1.68. The third-order valence-corrected chi connectivity index (χ3v) is 4.00. The third kappa shape index (κ3) is 3.64. The van der Waals surface area contributed by atoms with Crippen molar-refractivity contribution in [1.82, 2.24) is 5.32 Å². The number of hydrogen-bond acceptors (Lipinski definition) is 1. The maximum Gasteiger partial charge on any atom is 0.00683 e. The smallest absolute Gasteiger partial charge is 0.00683 e. The van der Waals surface area contributed by atoms with Gasteiger partial charge >= 0.3 is 0 Å². The summed E-state index contributed by atoms with van der Waals surface area (Å²) in [6, 6.07) is 0.882. The molecule has 0 saturated heterocycles. The van der Waals surface area contributed by atoms with Gasteiger partial charge in [0.05, 0.1) is 0 Å². The highest BCUT2D eigenvalue weighted by molar-refractivity contribution is 4.91. The van der Waals surface area contributed by atoms with Crippen LogP contribution in [0.4, 0.5) is 0 Å². The summed E-state index contributed by atoms with van der Waals surface area (Å²) in [6.45, 7) is 7.45. The van der Waals surface area contributed by atoms with Gasteiger partial charge in [-0.3, -0.25) is 0 Å². The van der Waals surface area contributed by atoms with Crippen molar-refractivity contribution in [2.45, 2.75) is 57.9 Å². The highest BCUT2D eigenvalue weighted by Gasteiger charge is 2.29. The average Bonchev–Trinajstić information content (AvgIpc) is 2.92. The molecule has 2 rings (SSSR count). The average molecular weight is 207 g/mol. The van der Waals surface area contributed by atoms with Crippen LogP contribution in [-0.2, 0) is 0 Å². The monoisotopic (exact) mass is 207 g/mol. The van der Waals surface area contributed by atoms with Gasteiger partial charge in [-0.15, -0.1) is 6.58 Å². The third-order valence-electron chi connectivity index (χ3n) is 4.00. The molecule has 2 saturated carbocycles. The summed E-state index contributed by atoms with van der Waals surface area (Å²) in [5.74, 6) is 1.94. The van der Waals surface area contributed by atoms with Gasteiger partial charge in [0, 0.05) is 6.04 Å². The van der Waals surface area contributed by atoms with Crippen molar-refractivity contribution in [1.29, 1.82) is 0 Å². The Kier molecular flexibility index (Phi) is 3.85. The van der Waals surface area contributed by atoms with Gasteiger partial charge in [-0.1, -0.05) is 18.4 Å². The first-order valence-corrected chi connectivity index (χ1v) is 6.63. The summed E-state index contributed by atoms with van der Waals surface area (Å²) in [7, 11) is 0. The Hall–Kier alpha value is -0.300. The molecule has 2 unspecified atom stereocenters. The zero-order valence-corrected chi connectivity index (χ0v) is 10.1. The van der Waals surface area contributed by atoms with Gasteiger partial charge in [-0.2, -0.15) is 0 Å². The molecule has 1 heteroatoms. The Morgan fingerprint density at radius 1 is 1.20 bits per heavy atom. The first-order valence-electron chi connectivity index (χ1n) is 6.63. The Labute approximate surface area is 94.3 Å². The van der Waals surface area contributed by atoms with Crippen LogP contribution in [0.2, 0.25) is 0 Å². The maximum absolute atomic E-state index is 4.01. The molecule has 1 nitrogen and oxygen atoms in total. The Bertz CT molecular complexity index is 217. The van der Waals surface area contributed by atoms with Crippen LogP contribution >= 0.6 is 0 Å². The molecule has 0 aromatic rings. The molecule has 2 aliphatic rings. The predicted molar refractivity (Wildman–Crippen MR) is 65.9 cm³/mol. The van der Waals surface area contributed by atoms with Crippen LogP contribution in [0.25, 0.3) is 0 Å². The van der Waals surface area contributed by atoms with Crippen molar-refractivity contribution in [2.24, 2.45) is 11.8 Å². The minimum Gasteiger partial charge on any atom is -0.314 e. The first kappa shape index (κ1) is 11.2. The van der Waals surface area contributed by atoms with E-state index in [-0.39, 0.29) is 0 Å². The standard InChI is InChI=1S/C14H25N/c1-11(2)6-7-12-4-3-5-13(12)10-15-14-8-9-14/h12-15H,1,3-10H2,2H3. The molecule has 1 N–H and O–H groups in total. The van der Waals surface area contributed by atoms with Crippen LogP contribution in [0.5, 0.6) is 0 Å². The van der Waals surface area contributed by atoms with Gasteiger partial charge in [0.25, 0.3) is 0 Å². The van der Waals surface area contributed by atoms with E-state index >= 15 is 0 Å². The molecule has 0 aliphatic heterocycles. The summed E-state index contributed by atoms with van der Waals surface area (Å²) in [6.07, 6.45) is 9.84. The van der Waals surface area contributed by atoms with E-state index in [1.807, 2.05) is 0 Å². The molecule has 2 aliphatic carbocycles. The minimum absolute atomic E-state index is 0.882. The number of allylic oxidation sites excluding steroid dienone is 1. The molecule has 0 aromatic heterocycles. The van der Waals surface area contributed by atoms with Crippen LogP contribution in [0, 0.1) is 11.8 Å². The highest BCUT2D eigenvalue weighted by Crippen LogP contribution is 2.35. The fourth-order valence-electron chi connectivity index (χ4n) is 2.80. The van der Waals surface area contributed by atoms with E-state index in [9.17, 15) is 0 Å². The van der Waals surface area contributed by atoms with Gasteiger partial charge in [0.1, 0.15) is 0 Å². The largest absolute Gasteiger partial charge is 0.314 e. The molecular formula is C14H25N. The molecule has 0 radical (unpaired) electrons. The van der Waals surface area contributed by atoms with Crippen LogP contribution in [0.3, 0.4) is 0 Å². The summed E-state index contributed by atoms with van der Waals surface area (Å²) < 4.78 is 0. The Morgan fingerprint density at radius 3 is 2.60 bits per heavy atom. The maximum atomic E-state index is 4.01. The number of nitrogens with one attached hydrogen (secondary N) is 1. The molecule has 0 bridgehead atoms. The molecule has 15 heavy (non-hydrogen) atoms. The molecule has 0 aromatic carbocycles. The second-order valence-corrected chi connectivity index (χ2v) is 5.63. The van der Waals surface area contributed by atoms with Crippen molar-refractivity contribution in [2.75, 3.05) is 6.54 Å². The van der Waals surface area contributed by atoms with Crippen LogP contribution in [0.15, 0.2) is 12.2 Å². The van der Waals surface area contributed by atoms with Crippen molar-refractivity contribution in [3.63, 3.8) is 0 Å². The van der Waals surface area contributed by atoms with Gasteiger partial charge < -0.3 is 5.32 Å². The van der Waals surface area contributed by atoms with Crippen LogP contribution < -0.4 is 5.32 Å². The van der Waals surface area contributed by atoms with Crippen LogP contribution in [0.1, 0.15) is 51.9 Å². The quantitative estimate of drug-likeness (QED) is 0.657. The van der Waals surface area contributed by atoms with Gasteiger partial charge in [0.2, 0.25) is 0 Å². The topological polar surface area (TPSA) is 12.0 Å². The van der Waals surface area contributed by atoms with Crippen molar-refractivity contribution >= 4 is 0 Å². The molecule has 0 heterocycles. The summed E-state index contributed by atoms with van der Waals surface area (Å²) in [5, 5.41) is 3.69. The molecule has 2 fully saturated rings. The van der Waals surface area contributed by atoms with E-state index in [1.165, 1.54) is 57.1 Å². The number of rotatable bonds is 6. The second kappa shape index (κ2) is 5.16. The fraction of sp³-hybridized carbons (Fsp3) is 0.857. The van der Waals surface area contributed by atoms with E-state index in [0.29, 0.717) is 0 Å². The summed E-state index contributed by atoms with van der Waals surface area (Å²) >= 11 is 0. The molecular weight excluding hydrogens is 182 g/mol. The lowest BCUT2D eigenvalue weighted by molar-refractivity contribution is 0.346. The lowest BCUT2D eigenvalue weighted by Gasteiger charge is -2.20. The van der Waals surface area contributed by atoms with E-state index < -0.39 is 0 Å². The predicted octanol–water partition coefficient (Wildman–Crippen LogP) is 3.51. The van der Waals surface area contributed by atoms with Gasteiger partial charge in [-0.05, 0) is 57.4 Å². The van der Waals surface area contributed by atoms with Crippen LogP contribution in [-0.4, -0.2) is 12.6 Å². The van der Waals surface area contributed by atoms with E-state index in [1.54, 1.807) is 0 Å². The van der Waals surface area contributed by atoms with Crippen molar-refractivity contribution in [3.8, 4) is 0 Å². The Morgan fingerprint density at radius 2 is 1.93 bits per heavy atom.